The number of hydrogen-bond donors (Lipinski definition) is 0. The van der Waals surface area contributed by atoms with Gasteiger partial charge in [-0.3, -0.25) is 0 Å². The van der Waals surface area contributed by atoms with E-state index in [1.165, 1.54) is 61.3 Å². The number of rotatable bonds is 1. The molecule has 0 amide bonds. The Morgan fingerprint density at radius 3 is 2.00 bits per heavy atom. The molecule has 0 unspecified atom stereocenters. The fourth-order valence-electron chi connectivity index (χ4n) is 5.44. The van der Waals surface area contributed by atoms with Crippen molar-refractivity contribution in [3.8, 4) is 23.0 Å². The molecular formula is C34H19F. The molecule has 0 aliphatic heterocycles. The summed E-state index contributed by atoms with van der Waals surface area (Å²) >= 11 is 0. The average molecular weight is 447 g/mol. The molecule has 7 rings (SSSR count). The zero-order valence-corrected chi connectivity index (χ0v) is 18.8. The second-order valence-corrected chi connectivity index (χ2v) is 8.88. The minimum atomic E-state index is -0.253. The first-order valence-electron chi connectivity index (χ1n) is 11.7. The molecule has 0 saturated carbocycles. The zero-order chi connectivity index (χ0) is 23.4. The van der Waals surface area contributed by atoms with E-state index in [0.717, 1.165) is 16.5 Å². The van der Waals surface area contributed by atoms with E-state index in [0.29, 0.717) is 0 Å². The van der Waals surface area contributed by atoms with E-state index in [1.807, 2.05) is 0 Å². The van der Waals surface area contributed by atoms with Gasteiger partial charge >= 0.3 is 0 Å². The molecule has 0 fully saturated rings. The predicted molar refractivity (Wildman–Crippen MR) is 143 cm³/mol. The molecule has 0 radical (unpaired) electrons. The molecule has 0 spiro atoms. The second kappa shape index (κ2) is 7.69. The largest absolute Gasteiger partial charge is 0.207 e. The highest BCUT2D eigenvalue weighted by Crippen LogP contribution is 2.41. The maximum atomic E-state index is 13.5. The van der Waals surface area contributed by atoms with Gasteiger partial charge in [0.05, 0.1) is 0 Å². The normalized spacial score (nSPS) is 11.9. The zero-order valence-electron chi connectivity index (χ0n) is 18.8. The van der Waals surface area contributed by atoms with E-state index in [4.69, 9.17) is 0 Å². The van der Waals surface area contributed by atoms with Crippen molar-refractivity contribution < 1.29 is 4.39 Å². The Labute approximate surface area is 203 Å². The van der Waals surface area contributed by atoms with Crippen LogP contribution in [0.1, 0.15) is 22.3 Å². The van der Waals surface area contributed by atoms with Crippen molar-refractivity contribution >= 4 is 27.1 Å². The van der Waals surface area contributed by atoms with Crippen LogP contribution in [0.25, 0.3) is 38.2 Å². The first-order chi connectivity index (χ1) is 17.3. The van der Waals surface area contributed by atoms with E-state index in [-0.39, 0.29) is 5.82 Å². The summed E-state index contributed by atoms with van der Waals surface area (Å²) in [5, 5.41) is 6.07. The number of hydrogen-bond acceptors (Lipinski definition) is 0. The van der Waals surface area contributed by atoms with Gasteiger partial charge in [-0.25, -0.2) is 4.39 Å². The molecule has 0 saturated heterocycles. The Balaban J connectivity index is 1.70. The van der Waals surface area contributed by atoms with E-state index in [2.05, 4.69) is 103 Å². The minimum Gasteiger partial charge on any atom is -0.207 e. The van der Waals surface area contributed by atoms with Gasteiger partial charge in [0, 0.05) is 16.7 Å². The second-order valence-electron chi connectivity index (χ2n) is 8.88. The summed E-state index contributed by atoms with van der Waals surface area (Å²) in [4.78, 5) is 0. The highest BCUT2D eigenvalue weighted by Gasteiger charge is 2.26. The molecule has 6 aromatic rings. The van der Waals surface area contributed by atoms with Gasteiger partial charge in [0.15, 0.2) is 0 Å². The van der Waals surface area contributed by atoms with Crippen molar-refractivity contribution in [3.63, 3.8) is 0 Å². The maximum absolute atomic E-state index is 13.5. The van der Waals surface area contributed by atoms with Crippen LogP contribution in [0.2, 0.25) is 0 Å². The van der Waals surface area contributed by atoms with Gasteiger partial charge in [-0.05, 0) is 73.3 Å². The lowest BCUT2D eigenvalue weighted by molar-refractivity contribution is 0.627. The predicted octanol–water partition coefficient (Wildman–Crippen LogP) is 7.48. The smallest absolute Gasteiger partial charge is 0.123 e. The van der Waals surface area contributed by atoms with Gasteiger partial charge in [-0.2, -0.15) is 0 Å². The van der Waals surface area contributed by atoms with Gasteiger partial charge in [-0.1, -0.05) is 103 Å². The lowest BCUT2D eigenvalue weighted by Crippen LogP contribution is -2.10. The standard InChI is InChI=1S/C34H19F/c35-25-19-16-22(17-20-25)18-21-29-26-14-6-10-23-11-7-15-30(31(23)26)34-32(24-8-2-1-3-9-24)27-12-4-5-13-28(27)33(29)34/h1-17,19-20H. The van der Waals surface area contributed by atoms with Crippen LogP contribution in [-0.2, 0) is 0 Å². The average Bonchev–Trinajstić information content (AvgIpc) is 3.26. The molecule has 1 aliphatic rings. The molecule has 1 heteroatoms. The summed E-state index contributed by atoms with van der Waals surface area (Å²) in [6.07, 6.45) is 0. The summed E-state index contributed by atoms with van der Waals surface area (Å²) in [5.74, 6) is 6.58. The molecule has 1 aliphatic carbocycles. The molecule has 6 aromatic carbocycles. The number of halogens is 1. The Bertz CT molecular complexity index is 1880. The van der Waals surface area contributed by atoms with Crippen molar-refractivity contribution in [2.24, 2.45) is 0 Å². The Morgan fingerprint density at radius 2 is 1.23 bits per heavy atom. The Morgan fingerprint density at radius 1 is 0.543 bits per heavy atom. The molecule has 0 heterocycles. The third kappa shape index (κ3) is 3.01. The van der Waals surface area contributed by atoms with Crippen molar-refractivity contribution in [2.45, 2.75) is 0 Å². The van der Waals surface area contributed by atoms with E-state index < -0.39 is 0 Å². The quantitative estimate of drug-likeness (QED) is 0.229. The number of benzene rings is 6. The summed E-state index contributed by atoms with van der Waals surface area (Å²) in [7, 11) is 0. The first kappa shape index (κ1) is 19.8. The minimum absolute atomic E-state index is 0.253. The van der Waals surface area contributed by atoms with Crippen molar-refractivity contribution in [3.05, 3.63) is 149 Å². The van der Waals surface area contributed by atoms with E-state index in [9.17, 15) is 4.39 Å². The molecule has 0 nitrogen and oxygen atoms in total. The van der Waals surface area contributed by atoms with Crippen LogP contribution < -0.4 is 5.22 Å². The van der Waals surface area contributed by atoms with Gasteiger partial charge in [-0.15, -0.1) is 0 Å². The fourth-order valence-corrected chi connectivity index (χ4v) is 5.44. The third-order valence-electron chi connectivity index (χ3n) is 6.90. The summed E-state index contributed by atoms with van der Waals surface area (Å²) in [6.45, 7) is 0. The van der Waals surface area contributed by atoms with Gasteiger partial charge in [0.25, 0.3) is 0 Å². The summed E-state index contributed by atoms with van der Waals surface area (Å²) in [6, 6.07) is 38.6. The Kier molecular flexibility index (Phi) is 4.34. The third-order valence-corrected chi connectivity index (χ3v) is 6.90. The fraction of sp³-hybridized carbons (Fsp3) is 0. The van der Waals surface area contributed by atoms with Crippen molar-refractivity contribution in [1.82, 2.24) is 0 Å². The lowest BCUT2D eigenvalue weighted by Gasteiger charge is -2.13. The van der Waals surface area contributed by atoms with Crippen LogP contribution in [0.3, 0.4) is 0 Å². The van der Waals surface area contributed by atoms with Crippen LogP contribution in [0.15, 0.2) is 115 Å². The van der Waals surface area contributed by atoms with Crippen LogP contribution in [0.4, 0.5) is 4.39 Å². The maximum Gasteiger partial charge on any atom is 0.123 e. The molecule has 0 N–H and O–H groups in total. The van der Waals surface area contributed by atoms with Crippen LogP contribution >= 0.6 is 0 Å². The molecular weight excluding hydrogens is 427 g/mol. The van der Waals surface area contributed by atoms with E-state index in [1.54, 1.807) is 12.1 Å². The topological polar surface area (TPSA) is 0 Å². The lowest BCUT2D eigenvalue weighted by atomic mass is 9.89. The molecule has 0 atom stereocenters. The van der Waals surface area contributed by atoms with Crippen LogP contribution in [0, 0.1) is 17.7 Å². The monoisotopic (exact) mass is 446 g/mol. The van der Waals surface area contributed by atoms with Gasteiger partial charge in [0.1, 0.15) is 5.82 Å². The highest BCUT2D eigenvalue weighted by molar-refractivity contribution is 6.18. The van der Waals surface area contributed by atoms with E-state index >= 15 is 0 Å². The molecule has 35 heavy (non-hydrogen) atoms. The van der Waals surface area contributed by atoms with Crippen molar-refractivity contribution in [1.29, 1.82) is 0 Å². The molecule has 0 bridgehead atoms. The molecule has 162 valence electrons. The highest BCUT2D eigenvalue weighted by atomic mass is 19.1. The number of fused-ring (bicyclic) bond motifs is 4. The van der Waals surface area contributed by atoms with Crippen LogP contribution in [-0.4, -0.2) is 0 Å². The van der Waals surface area contributed by atoms with Gasteiger partial charge < -0.3 is 0 Å². The first-order valence-corrected chi connectivity index (χ1v) is 11.7. The van der Waals surface area contributed by atoms with Crippen molar-refractivity contribution in [2.75, 3.05) is 0 Å². The molecule has 0 aromatic heterocycles. The summed E-state index contributed by atoms with van der Waals surface area (Å²) < 4.78 is 13.5. The Hall–Kier alpha value is -4.67. The van der Waals surface area contributed by atoms with Gasteiger partial charge in [0.2, 0.25) is 0 Å². The van der Waals surface area contributed by atoms with Crippen LogP contribution in [0.5, 0.6) is 0 Å². The summed E-state index contributed by atoms with van der Waals surface area (Å²) in [5.41, 5.74) is 7.88. The SMILES string of the molecule is Fc1ccc(C#Cc2c3c(c4cccc5cccc2c54)=C(c2ccccc2)c2ccccc2-3)cc1.